The van der Waals surface area contributed by atoms with Crippen molar-refractivity contribution in [3.63, 3.8) is 0 Å². The largest absolute Gasteiger partial charge is 0.310 e. The van der Waals surface area contributed by atoms with E-state index in [0.29, 0.717) is 4.57 Å². The van der Waals surface area contributed by atoms with E-state index in [4.69, 9.17) is 26.0 Å². The molecule has 1 heterocycles. The van der Waals surface area contributed by atoms with Gasteiger partial charge in [-0.05, 0) is 116 Å². The van der Waals surface area contributed by atoms with Crippen LogP contribution >= 0.6 is 0 Å². The zero-order valence-corrected chi connectivity index (χ0v) is 29.9. The summed E-state index contributed by atoms with van der Waals surface area (Å²) in [6.07, 6.45) is 0. The van der Waals surface area contributed by atoms with Crippen molar-refractivity contribution in [1.82, 2.24) is 4.57 Å². The zero-order valence-electron chi connectivity index (χ0n) is 69.9. The first-order valence-electron chi connectivity index (χ1n) is 37.3. The van der Waals surface area contributed by atoms with Crippen LogP contribution in [0.25, 0.3) is 82.8 Å². The Kier molecular flexibility index (Phi) is 3.28. The zero-order chi connectivity index (χ0) is 74.6. The molecule has 0 aliphatic rings. The Bertz CT molecular complexity index is 5530. The van der Waals surface area contributed by atoms with Gasteiger partial charge in [0.2, 0.25) is 0 Å². The van der Waals surface area contributed by atoms with Crippen LogP contribution in [-0.4, -0.2) is 4.57 Å². The SMILES string of the molecule is [2H]c1c([2H])c([2H])c(-c2c([2H])c([2H])c(-c3c([2H])c([2H])c(N(c4c([2H])c([2H])c(-c5c([2H])c([2H])c([2H])c([2H])c5[2H])c([2H])c4[2H])c4c([2H])c([2H])c([2H])c(-c5c([2H])c([2H])c([2H])c6c5c5c([2H])c([2H])c([2H])c([2H])c5n6-c5c([2H])c([2H])c6c([2H])c([2H])c([2H])c([2H])c6c5[2H])c4[2H])c([2H])c3[2H])c([2H])c2[2H])c([2H])c1[2H]. The molecule has 0 amide bonds. The first kappa shape index (κ1) is 13.0. The maximum Gasteiger partial charge on any atom is 0.0651 e. The second kappa shape index (κ2) is 15.1. The lowest BCUT2D eigenvalue weighted by atomic mass is 9.98. The fraction of sp³-hybridized carbons (Fsp3) is 0. The van der Waals surface area contributed by atoms with E-state index in [0.717, 1.165) is 0 Å². The molecule has 0 N–H and O–H groups in total. The fourth-order valence-electron chi connectivity index (χ4n) is 6.17. The van der Waals surface area contributed by atoms with E-state index >= 15 is 0 Å². The van der Waals surface area contributed by atoms with E-state index in [-0.39, 0.29) is 4.90 Å². The van der Waals surface area contributed by atoms with Crippen LogP contribution in [0.1, 0.15) is 54.8 Å². The number of rotatable bonds is 8. The van der Waals surface area contributed by atoms with Crippen LogP contribution in [0.2, 0.25) is 0 Å². The highest BCUT2D eigenvalue weighted by Crippen LogP contribution is 2.42. The molecule has 0 aliphatic heterocycles. The molecule has 10 aromatic carbocycles. The number of anilines is 3. The van der Waals surface area contributed by atoms with Crippen molar-refractivity contribution in [1.29, 1.82) is 0 Å². The smallest absolute Gasteiger partial charge is 0.0651 e. The number of hydrogen-bond donors (Lipinski definition) is 0. The minimum Gasteiger partial charge on any atom is -0.310 e. The van der Waals surface area contributed by atoms with Crippen LogP contribution in [-0.2, 0) is 0 Å². The van der Waals surface area contributed by atoms with E-state index < -0.39 is 342 Å². The highest BCUT2D eigenvalue weighted by atomic mass is 15.1. The molecule has 0 unspecified atom stereocenters. The maximum absolute atomic E-state index is 10.3. The van der Waals surface area contributed by atoms with Crippen LogP contribution in [0.5, 0.6) is 0 Å². The Morgan fingerprint density at radius 1 is 0.317 bits per heavy atom. The third kappa shape index (κ3) is 6.41. The number of para-hydroxylation sites is 1. The molecule has 1 aromatic heterocycles. The Hall–Kier alpha value is -7.94. The Morgan fingerprint density at radius 3 is 1.43 bits per heavy atom. The molecule has 0 spiro atoms. The van der Waals surface area contributed by atoms with Crippen LogP contribution in [0.15, 0.2) is 242 Å². The minimum atomic E-state index is -1.47. The van der Waals surface area contributed by atoms with Gasteiger partial charge in [-0.15, -0.1) is 0 Å². The van der Waals surface area contributed by atoms with Crippen molar-refractivity contribution < 1.29 is 54.8 Å². The van der Waals surface area contributed by atoms with Crippen molar-refractivity contribution in [2.75, 3.05) is 4.90 Å². The van der Waals surface area contributed by atoms with Gasteiger partial charge in [0.25, 0.3) is 0 Å². The number of fused-ring (bicyclic) bond motifs is 4. The molecule has 0 atom stereocenters. The lowest BCUT2D eigenvalue weighted by Gasteiger charge is -2.26. The summed E-state index contributed by atoms with van der Waals surface area (Å²) in [7, 11) is 0. The van der Waals surface area contributed by atoms with Crippen LogP contribution < -0.4 is 4.90 Å². The predicted octanol–water partition coefficient (Wildman–Crippen LogP) is 16.1. The maximum atomic E-state index is 10.3. The summed E-state index contributed by atoms with van der Waals surface area (Å²) < 4.78 is 364. The molecule has 282 valence electrons. The second-order valence-corrected chi connectivity index (χ2v) is 12.3. The van der Waals surface area contributed by atoms with E-state index in [2.05, 4.69) is 0 Å². The first-order valence-corrected chi connectivity index (χ1v) is 17.3. The Balaban J connectivity index is 1.33. The molecule has 0 radical (unpaired) electrons. The number of aromatic nitrogens is 1. The summed E-state index contributed by atoms with van der Waals surface area (Å²) in [4.78, 5) is 0.168. The van der Waals surface area contributed by atoms with Gasteiger partial charge in [-0.3, -0.25) is 0 Å². The van der Waals surface area contributed by atoms with Gasteiger partial charge in [-0.2, -0.15) is 0 Å². The van der Waals surface area contributed by atoms with Gasteiger partial charge in [0.05, 0.1) is 65.9 Å². The topological polar surface area (TPSA) is 8.17 Å². The molecule has 0 bridgehead atoms. The Morgan fingerprint density at radius 2 is 0.800 bits per heavy atom. The highest BCUT2D eigenvalue weighted by molar-refractivity contribution is 6.16. The van der Waals surface area contributed by atoms with Gasteiger partial charge in [-0.1, -0.05) is 181 Å². The van der Waals surface area contributed by atoms with Gasteiger partial charge >= 0.3 is 0 Å². The average Bonchev–Trinajstić information content (AvgIpc) is 1.47. The summed E-state index contributed by atoms with van der Waals surface area (Å²) >= 11 is 0. The normalized spacial score (nSPS) is 20.7. The first-order chi connectivity index (χ1) is 46.4. The van der Waals surface area contributed by atoms with Crippen molar-refractivity contribution >= 4 is 49.6 Å². The molecule has 0 fully saturated rings. The molecule has 2 nitrogen and oxygen atoms in total. The fourth-order valence-corrected chi connectivity index (χ4v) is 6.17. The lowest BCUT2D eigenvalue weighted by molar-refractivity contribution is 1.19. The molecule has 0 aliphatic carbocycles. The average molecular weight is 805 g/mol. The molecule has 11 aromatic rings. The number of nitrogens with zero attached hydrogens (tertiary/aromatic N) is 2. The predicted molar refractivity (Wildman–Crippen MR) is 255 cm³/mol. The summed E-state index contributed by atoms with van der Waals surface area (Å²) in [6, 6.07) is -46.0. The van der Waals surface area contributed by atoms with Crippen molar-refractivity contribution in [2.24, 2.45) is 0 Å². The lowest BCUT2D eigenvalue weighted by Crippen LogP contribution is -2.10. The summed E-state index contributed by atoms with van der Waals surface area (Å²) in [5.41, 5.74) is -14.8. The van der Waals surface area contributed by atoms with Gasteiger partial charge in [0.15, 0.2) is 0 Å². The van der Waals surface area contributed by atoms with Crippen LogP contribution in [0, 0.1) is 0 Å². The molecule has 2 heteroatoms. The van der Waals surface area contributed by atoms with E-state index in [1.54, 1.807) is 0 Å². The molecular formula is C58H40N2. The molecule has 0 saturated carbocycles. The van der Waals surface area contributed by atoms with E-state index in [1.165, 1.54) is 0 Å². The molecule has 11 rings (SSSR count). The van der Waals surface area contributed by atoms with Crippen molar-refractivity contribution in [2.45, 2.75) is 0 Å². The van der Waals surface area contributed by atoms with Gasteiger partial charge < -0.3 is 9.47 Å². The quantitative estimate of drug-likeness (QED) is 0.149. The summed E-state index contributed by atoms with van der Waals surface area (Å²) in [5, 5.41) is -3.07. The molecular weight excluding hydrogens is 725 g/mol. The monoisotopic (exact) mass is 805 g/mol. The van der Waals surface area contributed by atoms with E-state index in [9.17, 15) is 28.8 Å². The van der Waals surface area contributed by atoms with Gasteiger partial charge in [-0.25, -0.2) is 0 Å². The third-order valence-electron chi connectivity index (χ3n) is 8.81. The van der Waals surface area contributed by atoms with Crippen molar-refractivity contribution in [3.8, 4) is 50.2 Å². The standard InChI is InChI=1S/C58H40N2/c1-3-13-41(14-4-1)44-25-27-45(28-26-44)47-31-36-51(37-32-47)59(50-34-29-46(30-35-50)42-15-5-2-6-16-42)52-20-11-19-49(40-52)54-22-12-24-57-58(54)55-21-9-10-23-56(55)60(57)53-38-33-43-17-7-8-18-48(43)39-53/h1-40H/i1D,2D,3D,4D,5D,6D,7D,8D,9D,10D,11D,12D,13D,14D,15D,16D,17D,18D,19D,20D,21D,22D,23D,24D,25D,26D,27D,28D,29D,30D,31D,32D,33D,34D,35D,36D,37D,38D,39D,40D. The molecule has 0 saturated heterocycles. The van der Waals surface area contributed by atoms with Crippen molar-refractivity contribution in [3.05, 3.63) is 242 Å². The number of hydrogen-bond acceptors (Lipinski definition) is 1. The highest BCUT2D eigenvalue weighted by Gasteiger charge is 2.19. The number of benzene rings is 10. The minimum absolute atomic E-state index is 0.168. The summed E-state index contributed by atoms with van der Waals surface area (Å²) in [6.45, 7) is 0. The molecule has 60 heavy (non-hydrogen) atoms. The van der Waals surface area contributed by atoms with Gasteiger partial charge in [0.1, 0.15) is 0 Å². The third-order valence-corrected chi connectivity index (χ3v) is 8.81. The van der Waals surface area contributed by atoms with Crippen LogP contribution in [0.4, 0.5) is 17.1 Å². The summed E-state index contributed by atoms with van der Waals surface area (Å²) in [5.74, 6) is 0. The Labute approximate surface area is 406 Å². The van der Waals surface area contributed by atoms with E-state index in [1.807, 2.05) is 0 Å². The second-order valence-electron chi connectivity index (χ2n) is 12.3. The van der Waals surface area contributed by atoms with Gasteiger partial charge in [0, 0.05) is 33.5 Å². The van der Waals surface area contributed by atoms with Crippen LogP contribution in [0.3, 0.4) is 0 Å².